The lowest BCUT2D eigenvalue weighted by molar-refractivity contribution is 0.101. The van der Waals surface area contributed by atoms with Crippen molar-refractivity contribution in [2.24, 2.45) is 10.9 Å². The van der Waals surface area contributed by atoms with Crippen LogP contribution in [0.5, 0.6) is 0 Å². The van der Waals surface area contributed by atoms with Crippen LogP contribution in [0.15, 0.2) is 41.5 Å². The number of aromatic nitrogens is 3. The van der Waals surface area contributed by atoms with Crippen LogP contribution in [-0.2, 0) is 0 Å². The van der Waals surface area contributed by atoms with Crippen molar-refractivity contribution >= 4 is 51.8 Å². The van der Waals surface area contributed by atoms with Gasteiger partial charge in [-0.25, -0.2) is 9.97 Å². The van der Waals surface area contributed by atoms with Gasteiger partial charge in [0.15, 0.2) is 5.78 Å². The third-order valence-electron chi connectivity index (χ3n) is 6.16. The summed E-state index contributed by atoms with van der Waals surface area (Å²) in [5.74, 6) is 1.42. The number of carbonyl (C=O) groups excluding carboxylic acids is 1. The standard InChI is InChI=1S/C20H20ClN5O.C10H22/c1-4-7-22-16(5-2)17-6-8-23-20(26-17)24-14-9-13-10-18(12(3)27)25-19(13)15(21)11-14;1-4-7-9-10(6-3)8-5-2/h5-11,25H,4H2,1-3H3,(H,23,24,26);10H,4-9H2,1-3H3/b16-5-,22-7?;. The Balaban J connectivity index is 0.000000410. The van der Waals surface area contributed by atoms with Crippen LogP contribution in [0.1, 0.15) is 103 Å². The van der Waals surface area contributed by atoms with Crippen molar-refractivity contribution in [2.75, 3.05) is 5.32 Å². The van der Waals surface area contributed by atoms with Crippen LogP contribution < -0.4 is 5.32 Å². The number of carbonyl (C=O) groups is 1. The number of halogens is 1. The third kappa shape index (κ3) is 9.43. The topological polar surface area (TPSA) is 83.0 Å². The van der Waals surface area contributed by atoms with E-state index in [0.717, 1.165) is 40.3 Å². The fourth-order valence-corrected chi connectivity index (χ4v) is 4.36. The summed E-state index contributed by atoms with van der Waals surface area (Å²) < 4.78 is 0. The van der Waals surface area contributed by atoms with E-state index in [0.29, 0.717) is 16.7 Å². The molecule has 3 aromatic rings. The molecule has 200 valence electrons. The van der Waals surface area contributed by atoms with E-state index in [1.807, 2.05) is 38.3 Å². The Morgan fingerprint density at radius 1 is 1.16 bits per heavy atom. The first-order valence-electron chi connectivity index (χ1n) is 13.5. The molecular weight excluding hydrogens is 482 g/mol. The van der Waals surface area contributed by atoms with Crippen LogP contribution in [-0.4, -0.2) is 26.9 Å². The van der Waals surface area contributed by atoms with Gasteiger partial charge in [-0.2, -0.15) is 0 Å². The lowest BCUT2D eigenvalue weighted by Gasteiger charge is -2.11. The third-order valence-corrected chi connectivity index (χ3v) is 6.46. The summed E-state index contributed by atoms with van der Waals surface area (Å²) in [7, 11) is 0. The zero-order chi connectivity index (χ0) is 27.2. The Bertz CT molecular complexity index is 1200. The van der Waals surface area contributed by atoms with Crippen molar-refractivity contribution in [3.63, 3.8) is 0 Å². The van der Waals surface area contributed by atoms with Gasteiger partial charge in [0.2, 0.25) is 5.95 Å². The fraction of sp³-hybridized carbons (Fsp3) is 0.467. The molecule has 0 fully saturated rings. The summed E-state index contributed by atoms with van der Waals surface area (Å²) in [6.45, 7) is 12.3. The lowest BCUT2D eigenvalue weighted by atomic mass is 9.95. The number of nitrogens with zero attached hydrogens (tertiary/aromatic N) is 3. The number of hydrogen-bond donors (Lipinski definition) is 2. The van der Waals surface area contributed by atoms with Crippen LogP contribution in [0.3, 0.4) is 0 Å². The second-order valence-electron chi connectivity index (χ2n) is 9.15. The number of rotatable bonds is 12. The number of benzene rings is 1. The summed E-state index contributed by atoms with van der Waals surface area (Å²) in [6, 6.07) is 7.26. The minimum atomic E-state index is -0.0423. The molecule has 1 atom stereocenters. The molecule has 2 aromatic heterocycles. The molecule has 6 nitrogen and oxygen atoms in total. The van der Waals surface area contributed by atoms with Crippen LogP contribution >= 0.6 is 11.6 Å². The molecular formula is C30H42ClN5O. The van der Waals surface area contributed by atoms with Crippen LogP contribution in [0.25, 0.3) is 16.6 Å². The average molecular weight is 524 g/mol. The maximum atomic E-state index is 11.6. The monoisotopic (exact) mass is 523 g/mol. The van der Waals surface area contributed by atoms with Gasteiger partial charge in [0.05, 0.1) is 27.6 Å². The summed E-state index contributed by atoms with van der Waals surface area (Å²) in [4.78, 5) is 27.8. The summed E-state index contributed by atoms with van der Waals surface area (Å²) in [5, 5.41) is 4.52. The molecule has 3 rings (SSSR count). The van der Waals surface area contributed by atoms with E-state index in [4.69, 9.17) is 11.6 Å². The maximum absolute atomic E-state index is 11.6. The predicted molar refractivity (Wildman–Crippen MR) is 159 cm³/mol. The van der Waals surface area contributed by atoms with E-state index < -0.39 is 0 Å². The molecule has 0 aliphatic heterocycles. The summed E-state index contributed by atoms with van der Waals surface area (Å²) in [6.07, 6.45) is 14.7. The smallest absolute Gasteiger partial charge is 0.227 e. The van der Waals surface area contributed by atoms with Crippen LogP contribution in [0.2, 0.25) is 5.02 Å². The Kier molecular flexibility index (Phi) is 13.1. The van der Waals surface area contributed by atoms with E-state index in [1.54, 1.807) is 18.3 Å². The fourth-order valence-electron chi connectivity index (χ4n) is 4.08. The van der Waals surface area contributed by atoms with Gasteiger partial charge in [0.25, 0.3) is 0 Å². The highest BCUT2D eigenvalue weighted by Crippen LogP contribution is 2.29. The first-order valence-corrected chi connectivity index (χ1v) is 13.9. The molecule has 37 heavy (non-hydrogen) atoms. The molecule has 1 aromatic carbocycles. The van der Waals surface area contributed by atoms with Crippen molar-refractivity contribution in [1.29, 1.82) is 0 Å². The van der Waals surface area contributed by atoms with E-state index in [9.17, 15) is 4.79 Å². The molecule has 0 aliphatic carbocycles. The molecule has 0 amide bonds. The van der Waals surface area contributed by atoms with Gasteiger partial charge in [0, 0.05) is 30.4 Å². The number of H-pyrrole nitrogens is 1. The van der Waals surface area contributed by atoms with Gasteiger partial charge in [-0.3, -0.25) is 9.79 Å². The van der Waals surface area contributed by atoms with E-state index in [2.05, 4.69) is 46.0 Å². The van der Waals surface area contributed by atoms with Crippen LogP contribution in [0.4, 0.5) is 11.6 Å². The number of nitrogens with one attached hydrogen (secondary N) is 2. The molecule has 0 saturated carbocycles. The zero-order valence-corrected chi connectivity index (χ0v) is 24.0. The normalized spacial score (nSPS) is 12.5. The molecule has 0 radical (unpaired) electrons. The minimum Gasteiger partial charge on any atom is -0.351 e. The van der Waals surface area contributed by atoms with Gasteiger partial charge in [-0.15, -0.1) is 0 Å². The van der Waals surface area contributed by atoms with Gasteiger partial charge in [-0.05, 0) is 43.5 Å². The number of Topliss-reactive ketones (excluding diaryl/α,β-unsaturated/α-hetero) is 1. The first kappa shape index (κ1) is 30.2. The van der Waals surface area contributed by atoms with Crippen molar-refractivity contribution in [3.8, 4) is 0 Å². The Hall–Kier alpha value is -2.99. The maximum Gasteiger partial charge on any atom is 0.227 e. The highest BCUT2D eigenvalue weighted by atomic mass is 35.5. The molecule has 0 spiro atoms. The Morgan fingerprint density at radius 2 is 1.95 bits per heavy atom. The van der Waals surface area contributed by atoms with Crippen LogP contribution in [0, 0.1) is 5.92 Å². The molecule has 1 unspecified atom stereocenters. The predicted octanol–water partition coefficient (Wildman–Crippen LogP) is 9.40. The number of anilines is 2. The number of hydrogen-bond acceptors (Lipinski definition) is 5. The number of aromatic amines is 1. The molecule has 0 saturated heterocycles. The summed E-state index contributed by atoms with van der Waals surface area (Å²) >= 11 is 6.36. The number of ketones is 1. The largest absolute Gasteiger partial charge is 0.351 e. The van der Waals surface area contributed by atoms with E-state index in [1.165, 1.54) is 45.4 Å². The zero-order valence-electron chi connectivity index (χ0n) is 23.2. The Morgan fingerprint density at radius 3 is 2.57 bits per heavy atom. The number of unbranched alkanes of at least 4 members (excludes halogenated alkanes) is 1. The molecule has 2 heterocycles. The molecule has 2 N–H and O–H groups in total. The highest BCUT2D eigenvalue weighted by Gasteiger charge is 2.11. The van der Waals surface area contributed by atoms with Crippen molar-refractivity contribution in [1.82, 2.24) is 15.0 Å². The second kappa shape index (κ2) is 16.0. The number of fused-ring (bicyclic) bond motifs is 1. The van der Waals surface area contributed by atoms with E-state index in [-0.39, 0.29) is 5.78 Å². The van der Waals surface area contributed by atoms with Crippen molar-refractivity contribution in [3.05, 3.63) is 52.9 Å². The average Bonchev–Trinajstić information content (AvgIpc) is 3.33. The first-order chi connectivity index (χ1) is 17.9. The second-order valence-corrected chi connectivity index (χ2v) is 9.56. The Labute approximate surface area is 227 Å². The van der Waals surface area contributed by atoms with Gasteiger partial charge >= 0.3 is 0 Å². The molecule has 0 aliphatic rings. The lowest BCUT2D eigenvalue weighted by Crippen LogP contribution is -1.99. The van der Waals surface area contributed by atoms with E-state index >= 15 is 0 Å². The van der Waals surface area contributed by atoms with Gasteiger partial charge < -0.3 is 10.3 Å². The van der Waals surface area contributed by atoms with Crippen molar-refractivity contribution < 1.29 is 4.79 Å². The van der Waals surface area contributed by atoms with Gasteiger partial charge in [-0.1, -0.05) is 83.9 Å². The number of aliphatic imine (C=N–C) groups is 1. The SMILES string of the molecule is C/C=C(\N=CCC)c1ccnc(Nc2cc(Cl)c3[nH]c(C(C)=O)cc3c2)n1.CCCCC(CC)CCC. The number of allylic oxidation sites excluding steroid dienone is 1. The highest BCUT2D eigenvalue weighted by molar-refractivity contribution is 6.35. The summed E-state index contributed by atoms with van der Waals surface area (Å²) in [5.41, 5.74) is 3.50. The minimum absolute atomic E-state index is 0.0423. The quantitative estimate of drug-likeness (QED) is 0.183. The van der Waals surface area contributed by atoms with Gasteiger partial charge in [0.1, 0.15) is 0 Å². The molecule has 0 bridgehead atoms. The molecule has 7 heteroatoms. The van der Waals surface area contributed by atoms with Crippen molar-refractivity contribution in [2.45, 2.75) is 86.5 Å².